The van der Waals surface area contributed by atoms with Crippen molar-refractivity contribution in [1.82, 2.24) is 0 Å². The molecule has 0 aliphatic carbocycles. The van der Waals surface area contributed by atoms with Crippen molar-refractivity contribution in [2.24, 2.45) is 0 Å². The standard InChI is InChI=1S/C16H18N2O2/c1-3-12-6-4-5-7-15(12)17-13-8-10-14(11-9-13)18-16(19)20-2/h4-11,17H,3H2,1-2H3,(H,18,19). The number of nitrogens with one attached hydrogen (secondary N) is 2. The quantitative estimate of drug-likeness (QED) is 0.876. The Labute approximate surface area is 118 Å². The Hall–Kier alpha value is -2.49. The van der Waals surface area contributed by atoms with Gasteiger partial charge in [0.15, 0.2) is 0 Å². The number of hydrogen-bond acceptors (Lipinski definition) is 3. The molecule has 0 spiro atoms. The van der Waals surface area contributed by atoms with E-state index in [0.717, 1.165) is 17.8 Å². The number of methoxy groups -OCH3 is 1. The fourth-order valence-electron chi connectivity index (χ4n) is 1.91. The van der Waals surface area contributed by atoms with Crippen LogP contribution in [-0.4, -0.2) is 13.2 Å². The van der Waals surface area contributed by atoms with Crippen molar-refractivity contribution in [1.29, 1.82) is 0 Å². The number of anilines is 3. The summed E-state index contributed by atoms with van der Waals surface area (Å²) in [6, 6.07) is 15.7. The lowest BCUT2D eigenvalue weighted by atomic mass is 10.1. The smallest absolute Gasteiger partial charge is 0.411 e. The molecule has 0 saturated carbocycles. The van der Waals surface area contributed by atoms with Gasteiger partial charge in [0.25, 0.3) is 0 Å². The molecule has 2 rings (SSSR count). The molecule has 0 atom stereocenters. The van der Waals surface area contributed by atoms with Gasteiger partial charge in [0.05, 0.1) is 7.11 Å². The van der Waals surface area contributed by atoms with E-state index >= 15 is 0 Å². The first-order valence-corrected chi connectivity index (χ1v) is 6.53. The van der Waals surface area contributed by atoms with Crippen LogP contribution in [0.4, 0.5) is 21.9 Å². The summed E-state index contributed by atoms with van der Waals surface area (Å²) >= 11 is 0. The van der Waals surface area contributed by atoms with Crippen LogP contribution in [0.3, 0.4) is 0 Å². The fourth-order valence-corrected chi connectivity index (χ4v) is 1.91. The number of hydrogen-bond donors (Lipinski definition) is 2. The highest BCUT2D eigenvalue weighted by Gasteiger charge is 2.02. The van der Waals surface area contributed by atoms with Crippen LogP contribution in [0, 0.1) is 0 Å². The molecule has 2 aromatic rings. The summed E-state index contributed by atoms with van der Waals surface area (Å²) in [5.74, 6) is 0. The summed E-state index contributed by atoms with van der Waals surface area (Å²) in [5.41, 5.74) is 4.04. The lowest BCUT2D eigenvalue weighted by molar-refractivity contribution is 0.187. The summed E-state index contributed by atoms with van der Waals surface area (Å²) in [4.78, 5) is 11.1. The molecule has 0 radical (unpaired) electrons. The number of carbonyl (C=O) groups is 1. The maximum atomic E-state index is 11.1. The average Bonchev–Trinajstić information content (AvgIpc) is 2.49. The second-order valence-electron chi connectivity index (χ2n) is 4.33. The molecule has 2 aromatic carbocycles. The number of rotatable bonds is 4. The molecule has 1 amide bonds. The third kappa shape index (κ3) is 3.51. The monoisotopic (exact) mass is 270 g/mol. The van der Waals surface area contributed by atoms with Crippen molar-refractivity contribution >= 4 is 23.2 Å². The Bertz CT molecular complexity index is 579. The second-order valence-corrected chi connectivity index (χ2v) is 4.33. The molecule has 4 nitrogen and oxygen atoms in total. The van der Waals surface area contributed by atoms with Gasteiger partial charge in [0.2, 0.25) is 0 Å². The molecule has 2 N–H and O–H groups in total. The lowest BCUT2D eigenvalue weighted by Crippen LogP contribution is -2.10. The van der Waals surface area contributed by atoms with Crippen molar-refractivity contribution in [2.75, 3.05) is 17.7 Å². The van der Waals surface area contributed by atoms with Crippen molar-refractivity contribution in [3.63, 3.8) is 0 Å². The van der Waals surface area contributed by atoms with E-state index in [-0.39, 0.29) is 0 Å². The number of amides is 1. The Balaban J connectivity index is 2.09. The summed E-state index contributed by atoms with van der Waals surface area (Å²) in [7, 11) is 1.34. The molecule has 0 heterocycles. The van der Waals surface area contributed by atoms with Gasteiger partial charge in [-0.1, -0.05) is 25.1 Å². The van der Waals surface area contributed by atoms with E-state index in [0.29, 0.717) is 5.69 Å². The number of para-hydroxylation sites is 1. The summed E-state index contributed by atoms with van der Waals surface area (Å²) in [6.07, 6.45) is 0.507. The highest BCUT2D eigenvalue weighted by molar-refractivity contribution is 5.84. The maximum absolute atomic E-state index is 11.1. The zero-order valence-electron chi connectivity index (χ0n) is 11.6. The zero-order chi connectivity index (χ0) is 14.4. The maximum Gasteiger partial charge on any atom is 0.411 e. The minimum absolute atomic E-state index is 0.470. The van der Waals surface area contributed by atoms with Crippen molar-refractivity contribution in [3.05, 3.63) is 54.1 Å². The van der Waals surface area contributed by atoms with E-state index in [4.69, 9.17) is 0 Å². The van der Waals surface area contributed by atoms with Crippen molar-refractivity contribution in [3.8, 4) is 0 Å². The van der Waals surface area contributed by atoms with Gasteiger partial charge >= 0.3 is 6.09 Å². The molecule has 0 bridgehead atoms. The zero-order valence-corrected chi connectivity index (χ0v) is 11.6. The summed E-state index contributed by atoms with van der Waals surface area (Å²) < 4.78 is 4.54. The highest BCUT2D eigenvalue weighted by atomic mass is 16.5. The van der Waals surface area contributed by atoms with Crippen LogP contribution in [0.15, 0.2) is 48.5 Å². The molecule has 104 valence electrons. The van der Waals surface area contributed by atoms with Crippen LogP contribution < -0.4 is 10.6 Å². The lowest BCUT2D eigenvalue weighted by Gasteiger charge is -2.11. The van der Waals surface area contributed by atoms with Gasteiger partial charge in [-0.25, -0.2) is 4.79 Å². The van der Waals surface area contributed by atoms with Gasteiger partial charge in [-0.2, -0.15) is 0 Å². The molecule has 0 aliphatic heterocycles. The van der Waals surface area contributed by atoms with Crippen molar-refractivity contribution in [2.45, 2.75) is 13.3 Å². The molecular weight excluding hydrogens is 252 g/mol. The molecule has 0 saturated heterocycles. The Morgan fingerprint density at radius 1 is 1.05 bits per heavy atom. The molecule has 0 unspecified atom stereocenters. The second kappa shape index (κ2) is 6.61. The van der Waals surface area contributed by atoms with Gasteiger partial charge in [-0.15, -0.1) is 0 Å². The third-order valence-electron chi connectivity index (χ3n) is 2.99. The first-order chi connectivity index (χ1) is 9.72. The fraction of sp³-hybridized carbons (Fsp3) is 0.188. The van der Waals surface area contributed by atoms with Gasteiger partial charge in [0, 0.05) is 17.1 Å². The van der Waals surface area contributed by atoms with Crippen LogP contribution in [-0.2, 0) is 11.2 Å². The van der Waals surface area contributed by atoms with Crippen LogP contribution in [0.5, 0.6) is 0 Å². The molecular formula is C16H18N2O2. The Kier molecular flexibility index (Phi) is 4.60. The predicted octanol–water partition coefficient (Wildman–Crippen LogP) is 4.17. The minimum Gasteiger partial charge on any atom is -0.453 e. The molecule has 4 heteroatoms. The van der Waals surface area contributed by atoms with Crippen LogP contribution in [0.2, 0.25) is 0 Å². The Morgan fingerprint density at radius 3 is 2.35 bits per heavy atom. The Morgan fingerprint density at radius 2 is 1.70 bits per heavy atom. The largest absolute Gasteiger partial charge is 0.453 e. The number of benzene rings is 2. The van der Waals surface area contributed by atoms with Gasteiger partial charge in [-0.05, 0) is 42.3 Å². The van der Waals surface area contributed by atoms with Crippen LogP contribution in [0.1, 0.15) is 12.5 Å². The summed E-state index contributed by atoms with van der Waals surface area (Å²) in [6.45, 7) is 2.13. The average molecular weight is 270 g/mol. The van der Waals surface area contributed by atoms with Crippen LogP contribution in [0.25, 0.3) is 0 Å². The summed E-state index contributed by atoms with van der Waals surface area (Å²) in [5, 5.41) is 5.99. The number of aryl methyl sites for hydroxylation is 1. The minimum atomic E-state index is -0.470. The number of ether oxygens (including phenoxy) is 1. The van der Waals surface area contributed by atoms with Crippen LogP contribution >= 0.6 is 0 Å². The van der Waals surface area contributed by atoms with E-state index in [1.807, 2.05) is 36.4 Å². The highest BCUT2D eigenvalue weighted by Crippen LogP contribution is 2.22. The van der Waals surface area contributed by atoms with Gasteiger partial charge in [-0.3, -0.25) is 5.32 Å². The van der Waals surface area contributed by atoms with Gasteiger partial charge < -0.3 is 10.1 Å². The molecule has 20 heavy (non-hydrogen) atoms. The van der Waals surface area contributed by atoms with Gasteiger partial charge in [0.1, 0.15) is 0 Å². The normalized spacial score (nSPS) is 9.90. The first-order valence-electron chi connectivity index (χ1n) is 6.53. The first kappa shape index (κ1) is 13.9. The van der Waals surface area contributed by atoms with E-state index < -0.39 is 6.09 Å². The molecule has 0 aromatic heterocycles. The van der Waals surface area contributed by atoms with E-state index in [1.54, 1.807) is 0 Å². The van der Waals surface area contributed by atoms with Crippen molar-refractivity contribution < 1.29 is 9.53 Å². The van der Waals surface area contributed by atoms with E-state index in [9.17, 15) is 4.79 Å². The number of carbonyl (C=O) groups excluding carboxylic acids is 1. The topological polar surface area (TPSA) is 50.4 Å². The SMILES string of the molecule is CCc1ccccc1Nc1ccc(NC(=O)OC)cc1. The third-order valence-corrected chi connectivity index (χ3v) is 2.99. The van der Waals surface area contributed by atoms with E-state index in [1.165, 1.54) is 12.7 Å². The molecule has 0 fully saturated rings. The molecule has 0 aliphatic rings. The van der Waals surface area contributed by atoms with E-state index in [2.05, 4.69) is 34.4 Å². The predicted molar refractivity (Wildman–Crippen MR) is 81.6 cm³/mol.